The number of hydrogen-bond donors (Lipinski definition) is 0. The largest absolute Gasteiger partial charge is 0.496 e. The minimum absolute atomic E-state index is 0.768. The zero-order chi connectivity index (χ0) is 12.4. The van der Waals surface area contributed by atoms with Gasteiger partial charge in [-0.2, -0.15) is 0 Å². The molecule has 0 N–H and O–H groups in total. The molecule has 0 saturated carbocycles. The topological polar surface area (TPSA) is 27.1 Å². The molecule has 0 fully saturated rings. The lowest BCUT2D eigenvalue weighted by Crippen LogP contribution is -2.00. The highest BCUT2D eigenvalue weighted by Gasteiger charge is 2.05. The third-order valence-corrected chi connectivity index (χ3v) is 3.06. The van der Waals surface area contributed by atoms with Crippen LogP contribution in [0.2, 0.25) is 0 Å². The summed E-state index contributed by atoms with van der Waals surface area (Å²) >= 11 is 0. The van der Waals surface area contributed by atoms with Crippen LogP contribution in [0.25, 0.3) is 11.0 Å². The van der Waals surface area contributed by atoms with Crippen LogP contribution in [0, 0.1) is 0 Å². The van der Waals surface area contributed by atoms with Crippen molar-refractivity contribution in [3.05, 3.63) is 60.4 Å². The van der Waals surface area contributed by atoms with Crippen molar-refractivity contribution in [2.45, 2.75) is 6.54 Å². The predicted molar refractivity (Wildman–Crippen MR) is 71.8 cm³/mol. The standard InChI is InChI=1S/C15H14N2O/c1-18-15-9-5-2-6-12(15)10-17-11-16-13-7-3-4-8-14(13)17/h2-9,11H,10H2,1H3. The maximum atomic E-state index is 5.37. The van der Waals surface area contributed by atoms with Crippen LogP contribution in [-0.2, 0) is 6.54 Å². The predicted octanol–water partition coefficient (Wildman–Crippen LogP) is 3.09. The molecule has 3 rings (SSSR count). The number of ether oxygens (including phenoxy) is 1. The number of nitrogens with zero attached hydrogens (tertiary/aromatic N) is 2. The van der Waals surface area contributed by atoms with Gasteiger partial charge in [0.1, 0.15) is 5.75 Å². The second-order valence-electron chi connectivity index (χ2n) is 4.17. The van der Waals surface area contributed by atoms with Crippen molar-refractivity contribution in [3.8, 4) is 5.75 Å². The Kier molecular flexibility index (Phi) is 2.73. The maximum Gasteiger partial charge on any atom is 0.123 e. The molecular weight excluding hydrogens is 224 g/mol. The fraction of sp³-hybridized carbons (Fsp3) is 0.133. The summed E-state index contributed by atoms with van der Waals surface area (Å²) in [6, 6.07) is 16.2. The van der Waals surface area contributed by atoms with Crippen LogP contribution in [0.4, 0.5) is 0 Å². The molecule has 3 aromatic rings. The van der Waals surface area contributed by atoms with Gasteiger partial charge in [0, 0.05) is 5.56 Å². The van der Waals surface area contributed by atoms with Crippen LogP contribution in [0.5, 0.6) is 5.75 Å². The molecular formula is C15H14N2O. The minimum Gasteiger partial charge on any atom is -0.496 e. The van der Waals surface area contributed by atoms with Crippen LogP contribution >= 0.6 is 0 Å². The van der Waals surface area contributed by atoms with Gasteiger partial charge in [-0.1, -0.05) is 30.3 Å². The van der Waals surface area contributed by atoms with Gasteiger partial charge in [0.05, 0.1) is 31.0 Å². The van der Waals surface area contributed by atoms with E-state index < -0.39 is 0 Å². The molecule has 0 spiro atoms. The lowest BCUT2D eigenvalue weighted by Gasteiger charge is -2.09. The van der Waals surface area contributed by atoms with Crippen LogP contribution < -0.4 is 4.74 Å². The van der Waals surface area contributed by atoms with Gasteiger partial charge in [-0.3, -0.25) is 0 Å². The van der Waals surface area contributed by atoms with E-state index in [0.29, 0.717) is 0 Å². The molecule has 0 unspecified atom stereocenters. The highest BCUT2D eigenvalue weighted by molar-refractivity contribution is 5.75. The van der Waals surface area contributed by atoms with Gasteiger partial charge in [-0.25, -0.2) is 4.98 Å². The Bertz CT molecular complexity index is 673. The minimum atomic E-state index is 0.768. The molecule has 2 aromatic carbocycles. The average Bonchev–Trinajstić information content (AvgIpc) is 2.83. The van der Waals surface area contributed by atoms with Gasteiger partial charge in [0.25, 0.3) is 0 Å². The summed E-state index contributed by atoms with van der Waals surface area (Å²) in [6.07, 6.45) is 1.87. The van der Waals surface area contributed by atoms with Crippen molar-refractivity contribution in [1.29, 1.82) is 0 Å². The van der Waals surface area contributed by atoms with Crippen molar-refractivity contribution in [3.63, 3.8) is 0 Å². The lowest BCUT2D eigenvalue weighted by atomic mass is 10.2. The molecule has 0 radical (unpaired) electrons. The fourth-order valence-corrected chi connectivity index (χ4v) is 2.15. The number of imidazole rings is 1. The van der Waals surface area contributed by atoms with Gasteiger partial charge >= 0.3 is 0 Å². The quantitative estimate of drug-likeness (QED) is 0.701. The van der Waals surface area contributed by atoms with Gasteiger partial charge in [0.2, 0.25) is 0 Å². The number of benzene rings is 2. The molecule has 90 valence electrons. The van der Waals surface area contributed by atoms with E-state index in [1.165, 1.54) is 0 Å². The third kappa shape index (κ3) is 1.84. The summed E-state index contributed by atoms with van der Waals surface area (Å²) in [5.74, 6) is 0.912. The molecule has 1 aromatic heterocycles. The van der Waals surface area contributed by atoms with Crippen molar-refractivity contribution < 1.29 is 4.74 Å². The number of para-hydroxylation sites is 3. The van der Waals surface area contributed by atoms with Gasteiger partial charge in [-0.05, 0) is 18.2 Å². The van der Waals surface area contributed by atoms with Crippen molar-refractivity contribution >= 4 is 11.0 Å². The molecule has 0 amide bonds. The first-order valence-corrected chi connectivity index (χ1v) is 5.90. The average molecular weight is 238 g/mol. The van der Waals surface area contributed by atoms with Crippen LogP contribution in [0.15, 0.2) is 54.9 Å². The molecule has 1 heterocycles. The molecule has 0 bridgehead atoms. The zero-order valence-corrected chi connectivity index (χ0v) is 10.2. The van der Waals surface area contributed by atoms with Crippen molar-refractivity contribution in [2.24, 2.45) is 0 Å². The number of hydrogen-bond acceptors (Lipinski definition) is 2. The summed E-state index contributed by atoms with van der Waals surface area (Å²) in [7, 11) is 1.70. The molecule has 3 nitrogen and oxygen atoms in total. The molecule has 3 heteroatoms. The highest BCUT2D eigenvalue weighted by atomic mass is 16.5. The monoisotopic (exact) mass is 238 g/mol. The fourth-order valence-electron chi connectivity index (χ4n) is 2.15. The van der Waals surface area contributed by atoms with Crippen LogP contribution in [-0.4, -0.2) is 16.7 Å². The molecule has 0 saturated heterocycles. The normalized spacial score (nSPS) is 10.7. The van der Waals surface area contributed by atoms with E-state index in [4.69, 9.17) is 4.74 Å². The number of methoxy groups -OCH3 is 1. The van der Waals surface area contributed by atoms with Crippen LogP contribution in [0.3, 0.4) is 0 Å². The Morgan fingerprint density at radius 3 is 2.72 bits per heavy atom. The first-order valence-electron chi connectivity index (χ1n) is 5.90. The number of fused-ring (bicyclic) bond motifs is 1. The van der Waals surface area contributed by atoms with Crippen LogP contribution in [0.1, 0.15) is 5.56 Å². The van der Waals surface area contributed by atoms with E-state index >= 15 is 0 Å². The third-order valence-electron chi connectivity index (χ3n) is 3.06. The second kappa shape index (κ2) is 4.53. The SMILES string of the molecule is COc1ccccc1Cn1cnc2ccccc21. The van der Waals surface area contributed by atoms with E-state index in [2.05, 4.69) is 21.7 Å². The Hall–Kier alpha value is -2.29. The first kappa shape index (κ1) is 10.8. The Balaban J connectivity index is 2.01. The van der Waals surface area contributed by atoms with Gasteiger partial charge < -0.3 is 9.30 Å². The van der Waals surface area contributed by atoms with Crippen molar-refractivity contribution in [1.82, 2.24) is 9.55 Å². The molecule has 0 aliphatic heterocycles. The summed E-state index contributed by atoms with van der Waals surface area (Å²) in [5, 5.41) is 0. The first-order chi connectivity index (χ1) is 8.88. The number of rotatable bonds is 3. The molecule has 0 aliphatic carbocycles. The van der Waals surface area contributed by atoms with Crippen molar-refractivity contribution in [2.75, 3.05) is 7.11 Å². The van der Waals surface area contributed by atoms with E-state index in [0.717, 1.165) is 28.9 Å². The molecule has 0 atom stereocenters. The van der Waals surface area contributed by atoms with E-state index in [1.807, 2.05) is 42.7 Å². The molecule has 0 aliphatic rings. The Labute approximate surface area is 106 Å². The zero-order valence-electron chi connectivity index (χ0n) is 10.2. The van der Waals surface area contributed by atoms with Gasteiger partial charge in [-0.15, -0.1) is 0 Å². The maximum absolute atomic E-state index is 5.37. The van der Waals surface area contributed by atoms with E-state index in [9.17, 15) is 0 Å². The van der Waals surface area contributed by atoms with Gasteiger partial charge in [0.15, 0.2) is 0 Å². The van der Waals surface area contributed by atoms with E-state index in [1.54, 1.807) is 7.11 Å². The highest BCUT2D eigenvalue weighted by Crippen LogP contribution is 2.20. The smallest absolute Gasteiger partial charge is 0.123 e. The second-order valence-corrected chi connectivity index (χ2v) is 4.17. The van der Waals surface area contributed by atoms with E-state index in [-0.39, 0.29) is 0 Å². The summed E-state index contributed by atoms with van der Waals surface area (Å²) in [6.45, 7) is 0.768. The molecule has 18 heavy (non-hydrogen) atoms. The Morgan fingerprint density at radius 2 is 1.83 bits per heavy atom. The summed E-state index contributed by atoms with van der Waals surface area (Å²) < 4.78 is 7.50. The summed E-state index contributed by atoms with van der Waals surface area (Å²) in [4.78, 5) is 4.39. The lowest BCUT2D eigenvalue weighted by molar-refractivity contribution is 0.408. The number of aromatic nitrogens is 2. The Morgan fingerprint density at radius 1 is 1.06 bits per heavy atom. The summed E-state index contributed by atoms with van der Waals surface area (Å²) in [5.41, 5.74) is 3.32.